The van der Waals surface area contributed by atoms with Crippen molar-refractivity contribution >= 4 is 72.3 Å². The van der Waals surface area contributed by atoms with Crippen molar-refractivity contribution in [1.29, 1.82) is 0 Å². The van der Waals surface area contributed by atoms with Crippen molar-refractivity contribution in [3.63, 3.8) is 0 Å². The van der Waals surface area contributed by atoms with Crippen molar-refractivity contribution in [1.82, 2.24) is 19.9 Å². The highest BCUT2D eigenvalue weighted by Gasteiger charge is 2.03. The minimum absolute atomic E-state index is 0.0874. The van der Waals surface area contributed by atoms with E-state index < -0.39 is 5.20 Å². The lowest BCUT2D eigenvalue weighted by molar-refractivity contribution is 0.600. The van der Waals surface area contributed by atoms with Gasteiger partial charge in [-0.15, -0.1) is 0 Å². The van der Waals surface area contributed by atoms with E-state index in [1.54, 1.807) is 43.0 Å². The maximum atomic E-state index is 11.1. The number of H-pyrrole nitrogens is 1. The van der Waals surface area contributed by atoms with Gasteiger partial charge in [0.25, 0.3) is 5.56 Å². The smallest absolute Gasteiger partial charge is 0.328 e. The second kappa shape index (κ2) is 10.0. The predicted molar refractivity (Wildman–Crippen MR) is 112 cm³/mol. The van der Waals surface area contributed by atoms with E-state index in [1.807, 2.05) is 18.2 Å². The summed E-state index contributed by atoms with van der Waals surface area (Å²) >= 11 is 19.7. The quantitative estimate of drug-likeness (QED) is 0.254. The molecule has 0 fully saturated rings. The number of pyridine rings is 4. The van der Waals surface area contributed by atoms with Gasteiger partial charge in [0.2, 0.25) is 0 Å². The molecule has 4 rings (SSSR count). The van der Waals surface area contributed by atoms with Gasteiger partial charge in [-0.05, 0) is 70.1 Å². The molecule has 0 radical (unpaired) electrons. The minimum Gasteiger partial charge on any atom is -0.328 e. The van der Waals surface area contributed by atoms with E-state index in [4.69, 9.17) is 11.6 Å². The van der Waals surface area contributed by atoms with Crippen LogP contribution in [0.25, 0.3) is 21.8 Å². The van der Waals surface area contributed by atoms with Gasteiger partial charge in [0.15, 0.2) is 0 Å². The molecule has 11 heteroatoms. The van der Waals surface area contributed by atoms with Gasteiger partial charge in [0.05, 0.1) is 16.4 Å². The number of nitrogens with one attached hydrogen (secondary N) is 1. The maximum Gasteiger partial charge on any atom is 0.339 e. The molecule has 4 aromatic rings. The predicted octanol–water partition coefficient (Wildman–Crippen LogP) is 6.02. The molecule has 4 aromatic heterocycles. The summed E-state index contributed by atoms with van der Waals surface area (Å²) in [6.45, 7) is 0. The molecule has 0 aromatic carbocycles. The molecule has 0 amide bonds. The molecular formula is C16H11Cl4N4O2P. The summed E-state index contributed by atoms with van der Waals surface area (Å²) < 4.78 is 9.51. The zero-order valence-corrected chi connectivity index (χ0v) is 17.3. The van der Waals surface area contributed by atoms with E-state index in [2.05, 4.69) is 53.7 Å². The first-order chi connectivity index (χ1) is 12.8. The summed E-state index contributed by atoms with van der Waals surface area (Å²) in [6.07, 6.45) is 6.65. The number of nitrogens with zero attached hydrogens (tertiary/aromatic N) is 3. The Morgan fingerprint density at radius 3 is 1.93 bits per heavy atom. The summed E-state index contributed by atoms with van der Waals surface area (Å²) in [4.78, 5) is 25.7. The lowest BCUT2D eigenvalue weighted by Crippen LogP contribution is -2.04. The average Bonchev–Trinajstić information content (AvgIpc) is 2.62. The number of hydrogen-bond donors (Lipinski definition) is 1. The second-order valence-electron chi connectivity index (χ2n) is 4.81. The van der Waals surface area contributed by atoms with Gasteiger partial charge in [-0.3, -0.25) is 19.3 Å². The van der Waals surface area contributed by atoms with Crippen molar-refractivity contribution in [2.45, 2.75) is 0 Å². The lowest BCUT2D eigenvalue weighted by atomic mass is 10.3. The average molecular weight is 464 g/mol. The maximum absolute atomic E-state index is 11.1. The zero-order chi connectivity index (χ0) is 19.9. The highest BCUT2D eigenvalue weighted by Crippen LogP contribution is 2.61. The third-order valence-corrected chi connectivity index (χ3v) is 3.32. The van der Waals surface area contributed by atoms with E-state index in [9.17, 15) is 9.36 Å². The van der Waals surface area contributed by atoms with Gasteiger partial charge in [-0.25, -0.2) is 4.98 Å². The van der Waals surface area contributed by atoms with Gasteiger partial charge >= 0.3 is 5.20 Å². The van der Waals surface area contributed by atoms with Gasteiger partial charge in [0, 0.05) is 30.2 Å². The molecule has 0 spiro atoms. The fourth-order valence-electron chi connectivity index (χ4n) is 1.98. The molecule has 0 bridgehead atoms. The normalized spacial score (nSPS) is 10.5. The molecular weight excluding hydrogens is 453 g/mol. The Hall–Kier alpha value is -1.69. The monoisotopic (exact) mass is 462 g/mol. The SMILES string of the molecule is Clc1nccc2ncccc12.O=P(Cl)(Cl)Cl.O=c1[nH]ccc2ncccc12. The number of hydrogen-bond acceptors (Lipinski definition) is 5. The number of fused-ring (bicyclic) bond motifs is 2. The molecule has 0 saturated heterocycles. The van der Waals surface area contributed by atoms with Gasteiger partial charge in [-0.2, -0.15) is 0 Å². The van der Waals surface area contributed by atoms with E-state index in [-0.39, 0.29) is 5.56 Å². The highest BCUT2D eigenvalue weighted by molar-refractivity contribution is 8.24. The van der Waals surface area contributed by atoms with Crippen LogP contribution < -0.4 is 5.56 Å². The number of halogens is 4. The summed E-state index contributed by atoms with van der Waals surface area (Å²) in [5, 5.41) is -1.18. The lowest BCUT2D eigenvalue weighted by Gasteiger charge is -1.95. The van der Waals surface area contributed by atoms with Crippen LogP contribution in [0.3, 0.4) is 0 Å². The second-order valence-corrected chi connectivity index (χ2v) is 11.8. The van der Waals surface area contributed by atoms with E-state index >= 15 is 0 Å². The first-order valence-electron chi connectivity index (χ1n) is 7.22. The molecule has 0 aliphatic heterocycles. The Kier molecular flexibility index (Phi) is 8.02. The molecule has 0 aliphatic carbocycles. The number of rotatable bonds is 0. The first-order valence-corrected chi connectivity index (χ1v) is 12.0. The van der Waals surface area contributed by atoms with E-state index in [0.717, 1.165) is 16.4 Å². The number of aromatic amines is 1. The summed E-state index contributed by atoms with van der Waals surface area (Å²) in [5.74, 6) is 0. The van der Waals surface area contributed by atoms with Gasteiger partial charge in [0.1, 0.15) is 5.15 Å². The van der Waals surface area contributed by atoms with Crippen LogP contribution in [0.1, 0.15) is 0 Å². The Bertz CT molecular complexity index is 1130. The first kappa shape index (κ1) is 21.6. The molecule has 27 heavy (non-hydrogen) atoms. The van der Waals surface area contributed by atoms with Crippen molar-refractivity contribution in [3.8, 4) is 0 Å². The summed E-state index contributed by atoms with van der Waals surface area (Å²) in [6, 6.07) is 10.9. The Balaban J connectivity index is 0.000000157. The van der Waals surface area contributed by atoms with Gasteiger partial charge in [-0.1, -0.05) is 11.6 Å². The molecule has 6 nitrogen and oxygen atoms in total. The Morgan fingerprint density at radius 1 is 0.815 bits per heavy atom. The third kappa shape index (κ3) is 7.45. The zero-order valence-electron chi connectivity index (χ0n) is 13.4. The standard InChI is InChI=1S/C8H5ClN2.C8H6N2O.Cl3OP/c9-8-6-2-1-4-10-7(6)3-5-11-8;11-8-6-2-1-4-9-7(6)3-5-10-8;1-5(2,3)4/h1-5H;1-5H,(H,10,11);. The summed E-state index contributed by atoms with van der Waals surface area (Å²) in [5.41, 5.74) is 1.53. The van der Waals surface area contributed by atoms with Crippen molar-refractivity contribution in [3.05, 3.63) is 76.7 Å². The van der Waals surface area contributed by atoms with Crippen LogP contribution in [-0.4, -0.2) is 19.9 Å². The van der Waals surface area contributed by atoms with E-state index in [1.165, 1.54) is 0 Å². The Labute approximate surface area is 173 Å². The molecule has 1 N–H and O–H groups in total. The van der Waals surface area contributed by atoms with Crippen molar-refractivity contribution < 1.29 is 4.57 Å². The van der Waals surface area contributed by atoms with Crippen LogP contribution in [0.5, 0.6) is 0 Å². The minimum atomic E-state index is -3.22. The van der Waals surface area contributed by atoms with E-state index in [0.29, 0.717) is 10.5 Å². The van der Waals surface area contributed by atoms with Crippen LogP contribution in [0.2, 0.25) is 5.15 Å². The highest BCUT2D eigenvalue weighted by atomic mass is 36.0. The molecule has 140 valence electrons. The third-order valence-electron chi connectivity index (χ3n) is 3.02. The topological polar surface area (TPSA) is 88.6 Å². The molecule has 0 unspecified atom stereocenters. The van der Waals surface area contributed by atoms with Crippen LogP contribution in [0.4, 0.5) is 0 Å². The molecule has 4 heterocycles. The van der Waals surface area contributed by atoms with Crippen LogP contribution in [0.15, 0.2) is 66.0 Å². The molecule has 0 saturated carbocycles. The number of aromatic nitrogens is 4. The molecule has 0 atom stereocenters. The van der Waals surface area contributed by atoms with Gasteiger partial charge < -0.3 is 4.98 Å². The Morgan fingerprint density at radius 2 is 1.37 bits per heavy atom. The van der Waals surface area contributed by atoms with Crippen LogP contribution >= 0.6 is 50.5 Å². The van der Waals surface area contributed by atoms with Crippen LogP contribution in [-0.2, 0) is 4.57 Å². The fourth-order valence-corrected chi connectivity index (χ4v) is 2.20. The van der Waals surface area contributed by atoms with Crippen LogP contribution in [0, 0.1) is 0 Å². The summed E-state index contributed by atoms with van der Waals surface area (Å²) in [7, 11) is 0. The largest absolute Gasteiger partial charge is 0.339 e. The fraction of sp³-hybridized carbons (Fsp3) is 0. The van der Waals surface area contributed by atoms with Crippen molar-refractivity contribution in [2.24, 2.45) is 0 Å². The van der Waals surface area contributed by atoms with Crippen molar-refractivity contribution in [2.75, 3.05) is 0 Å². The molecule has 0 aliphatic rings.